The average Bonchev–Trinajstić information content (AvgIpc) is 2.38. The number of rotatable bonds is 13. The second-order valence-corrected chi connectivity index (χ2v) is 7.57. The SMILES string of the molecule is CC(=CCCC(C)CCCC(C)CCCC(C)C)CCO. The quantitative estimate of drug-likeness (QED) is 0.392. The van der Waals surface area contributed by atoms with Gasteiger partial charge in [0.15, 0.2) is 0 Å². The van der Waals surface area contributed by atoms with E-state index >= 15 is 0 Å². The van der Waals surface area contributed by atoms with Crippen LogP contribution in [0.2, 0.25) is 0 Å². The Bertz CT molecular complexity index is 255. The third-order valence-corrected chi connectivity index (χ3v) is 4.53. The molecule has 0 aliphatic heterocycles. The van der Waals surface area contributed by atoms with Gasteiger partial charge in [-0.1, -0.05) is 77.9 Å². The van der Waals surface area contributed by atoms with Crippen molar-refractivity contribution in [2.75, 3.05) is 6.61 Å². The van der Waals surface area contributed by atoms with Gasteiger partial charge < -0.3 is 5.11 Å². The van der Waals surface area contributed by atoms with Crippen molar-refractivity contribution in [3.63, 3.8) is 0 Å². The molecule has 0 aromatic rings. The number of aliphatic hydroxyl groups excluding tert-OH is 1. The minimum absolute atomic E-state index is 0.284. The molecule has 1 nitrogen and oxygen atoms in total. The summed E-state index contributed by atoms with van der Waals surface area (Å²) in [5.74, 6) is 2.60. The van der Waals surface area contributed by atoms with Crippen molar-refractivity contribution in [2.45, 2.75) is 92.4 Å². The van der Waals surface area contributed by atoms with Gasteiger partial charge in [-0.3, -0.25) is 0 Å². The van der Waals surface area contributed by atoms with E-state index in [0.29, 0.717) is 0 Å². The summed E-state index contributed by atoms with van der Waals surface area (Å²) in [5, 5.41) is 8.86. The normalized spacial score (nSPS) is 15.5. The van der Waals surface area contributed by atoms with Gasteiger partial charge in [-0.05, 0) is 43.9 Å². The minimum Gasteiger partial charge on any atom is -0.396 e. The standard InChI is InChI=1S/C20H40O/c1-17(2)9-6-10-18(3)11-7-12-19(4)13-8-14-20(5)15-16-21/h14,17-19,21H,6-13,15-16H2,1-5H3. The molecule has 0 fully saturated rings. The second kappa shape index (κ2) is 13.4. The Morgan fingerprint density at radius 3 is 1.90 bits per heavy atom. The summed E-state index contributed by atoms with van der Waals surface area (Å²) in [5.41, 5.74) is 1.34. The molecule has 0 saturated carbocycles. The fraction of sp³-hybridized carbons (Fsp3) is 0.900. The Labute approximate surface area is 134 Å². The van der Waals surface area contributed by atoms with Gasteiger partial charge in [-0.2, -0.15) is 0 Å². The van der Waals surface area contributed by atoms with Crippen molar-refractivity contribution in [3.8, 4) is 0 Å². The van der Waals surface area contributed by atoms with Crippen LogP contribution >= 0.6 is 0 Å². The number of aliphatic hydroxyl groups is 1. The molecule has 1 heteroatoms. The van der Waals surface area contributed by atoms with E-state index in [1.54, 1.807) is 0 Å². The summed E-state index contributed by atoms with van der Waals surface area (Å²) >= 11 is 0. The van der Waals surface area contributed by atoms with Gasteiger partial charge in [-0.15, -0.1) is 0 Å². The van der Waals surface area contributed by atoms with Crippen molar-refractivity contribution >= 4 is 0 Å². The molecule has 0 aromatic carbocycles. The molecule has 0 saturated heterocycles. The van der Waals surface area contributed by atoms with Crippen LogP contribution in [0.15, 0.2) is 11.6 Å². The van der Waals surface area contributed by atoms with Gasteiger partial charge in [0, 0.05) is 6.61 Å². The first-order valence-corrected chi connectivity index (χ1v) is 9.22. The highest BCUT2D eigenvalue weighted by Crippen LogP contribution is 2.21. The van der Waals surface area contributed by atoms with Crippen LogP contribution in [0, 0.1) is 17.8 Å². The lowest BCUT2D eigenvalue weighted by Gasteiger charge is -2.14. The number of hydrogen-bond donors (Lipinski definition) is 1. The van der Waals surface area contributed by atoms with Crippen molar-refractivity contribution in [1.29, 1.82) is 0 Å². The van der Waals surface area contributed by atoms with Crippen LogP contribution in [0.1, 0.15) is 92.4 Å². The first kappa shape index (κ1) is 20.7. The summed E-state index contributed by atoms with van der Waals surface area (Å²) in [6, 6.07) is 0. The highest BCUT2D eigenvalue weighted by Gasteiger charge is 2.06. The molecular formula is C20H40O. The molecule has 0 aromatic heterocycles. The Morgan fingerprint density at radius 1 is 0.857 bits per heavy atom. The summed E-state index contributed by atoms with van der Waals surface area (Å²) < 4.78 is 0. The van der Waals surface area contributed by atoms with Crippen LogP contribution in [-0.4, -0.2) is 11.7 Å². The van der Waals surface area contributed by atoms with E-state index in [-0.39, 0.29) is 6.61 Å². The molecule has 0 bridgehead atoms. The summed E-state index contributed by atoms with van der Waals surface area (Å²) in [6.45, 7) is 11.9. The molecule has 0 spiro atoms. The zero-order chi connectivity index (χ0) is 16.1. The maximum absolute atomic E-state index is 8.86. The largest absolute Gasteiger partial charge is 0.396 e. The zero-order valence-electron chi connectivity index (χ0n) is 15.3. The summed E-state index contributed by atoms with van der Waals surface area (Å²) in [6.07, 6.45) is 14.0. The van der Waals surface area contributed by atoms with Gasteiger partial charge in [-0.25, -0.2) is 0 Å². The summed E-state index contributed by atoms with van der Waals surface area (Å²) in [4.78, 5) is 0. The van der Waals surface area contributed by atoms with E-state index in [0.717, 1.165) is 24.2 Å². The fourth-order valence-corrected chi connectivity index (χ4v) is 2.87. The van der Waals surface area contributed by atoms with Gasteiger partial charge in [0.1, 0.15) is 0 Å². The molecule has 0 radical (unpaired) electrons. The molecule has 2 unspecified atom stereocenters. The van der Waals surface area contributed by atoms with Crippen LogP contribution < -0.4 is 0 Å². The molecule has 21 heavy (non-hydrogen) atoms. The molecule has 0 aliphatic carbocycles. The van der Waals surface area contributed by atoms with Crippen LogP contribution in [0.25, 0.3) is 0 Å². The van der Waals surface area contributed by atoms with Crippen molar-refractivity contribution in [1.82, 2.24) is 0 Å². The van der Waals surface area contributed by atoms with Crippen LogP contribution in [0.4, 0.5) is 0 Å². The van der Waals surface area contributed by atoms with Gasteiger partial charge in [0.25, 0.3) is 0 Å². The second-order valence-electron chi connectivity index (χ2n) is 7.57. The minimum atomic E-state index is 0.284. The lowest BCUT2D eigenvalue weighted by molar-refractivity contribution is 0.299. The monoisotopic (exact) mass is 296 g/mol. The highest BCUT2D eigenvalue weighted by atomic mass is 16.2. The van der Waals surface area contributed by atoms with E-state index in [4.69, 9.17) is 5.11 Å². The van der Waals surface area contributed by atoms with Gasteiger partial charge >= 0.3 is 0 Å². The molecule has 0 rings (SSSR count). The Kier molecular flexibility index (Phi) is 13.2. The third-order valence-electron chi connectivity index (χ3n) is 4.53. The molecule has 0 heterocycles. The molecule has 2 atom stereocenters. The molecule has 0 amide bonds. The number of hydrogen-bond acceptors (Lipinski definition) is 1. The van der Waals surface area contributed by atoms with Crippen molar-refractivity contribution < 1.29 is 5.11 Å². The van der Waals surface area contributed by atoms with Crippen molar-refractivity contribution in [3.05, 3.63) is 11.6 Å². The maximum Gasteiger partial charge on any atom is 0.0468 e. The molecular weight excluding hydrogens is 256 g/mol. The van der Waals surface area contributed by atoms with E-state index in [9.17, 15) is 0 Å². The smallest absolute Gasteiger partial charge is 0.0468 e. The average molecular weight is 297 g/mol. The van der Waals surface area contributed by atoms with Crippen LogP contribution in [0.5, 0.6) is 0 Å². The predicted octanol–water partition coefficient (Wildman–Crippen LogP) is 6.36. The molecule has 0 aliphatic rings. The Morgan fingerprint density at radius 2 is 1.38 bits per heavy atom. The summed E-state index contributed by atoms with van der Waals surface area (Å²) in [7, 11) is 0. The first-order valence-electron chi connectivity index (χ1n) is 9.22. The maximum atomic E-state index is 8.86. The third kappa shape index (κ3) is 14.4. The van der Waals surface area contributed by atoms with E-state index in [2.05, 4.69) is 40.7 Å². The van der Waals surface area contributed by atoms with E-state index in [1.807, 2.05) is 0 Å². The molecule has 1 N–H and O–H groups in total. The van der Waals surface area contributed by atoms with Crippen LogP contribution in [-0.2, 0) is 0 Å². The van der Waals surface area contributed by atoms with E-state index in [1.165, 1.54) is 56.9 Å². The highest BCUT2D eigenvalue weighted by molar-refractivity contribution is 4.97. The van der Waals surface area contributed by atoms with Crippen molar-refractivity contribution in [2.24, 2.45) is 17.8 Å². The Hall–Kier alpha value is -0.300. The fourth-order valence-electron chi connectivity index (χ4n) is 2.87. The Balaban J connectivity index is 3.56. The predicted molar refractivity (Wildman–Crippen MR) is 95.6 cm³/mol. The van der Waals surface area contributed by atoms with Gasteiger partial charge in [0.05, 0.1) is 0 Å². The first-order chi connectivity index (χ1) is 9.95. The van der Waals surface area contributed by atoms with E-state index < -0.39 is 0 Å². The van der Waals surface area contributed by atoms with Crippen LogP contribution in [0.3, 0.4) is 0 Å². The topological polar surface area (TPSA) is 20.2 Å². The number of allylic oxidation sites excluding steroid dienone is 1. The lowest BCUT2D eigenvalue weighted by atomic mass is 9.92. The van der Waals surface area contributed by atoms with Gasteiger partial charge in [0.2, 0.25) is 0 Å². The molecule has 126 valence electrons. The lowest BCUT2D eigenvalue weighted by Crippen LogP contribution is -2.00. The zero-order valence-corrected chi connectivity index (χ0v) is 15.3.